The van der Waals surface area contributed by atoms with Gasteiger partial charge in [-0.1, -0.05) is 113 Å². The summed E-state index contributed by atoms with van der Waals surface area (Å²) in [6, 6.07) is 0. The van der Waals surface area contributed by atoms with E-state index in [1.165, 1.54) is 148 Å². The Balaban J connectivity index is 0.000000153. The number of hydrogen-bond donors (Lipinski definition) is 0. The average molecular weight is 1740 g/mol. The molecule has 17 fully saturated rings. The zero-order chi connectivity index (χ0) is 91.8. The van der Waals surface area contributed by atoms with Crippen LogP contribution in [0.4, 0.5) is 0 Å². The van der Waals surface area contributed by atoms with Gasteiger partial charge in [-0.3, -0.25) is 0 Å². The molecule has 125 heavy (non-hydrogen) atoms. The highest BCUT2D eigenvalue weighted by Gasteiger charge is 2.70. The summed E-state index contributed by atoms with van der Waals surface area (Å²) in [6.45, 7) is 56.9. The Labute approximate surface area is 751 Å². The molecule has 19 heteroatoms. The van der Waals surface area contributed by atoms with E-state index in [-0.39, 0.29) is 82.2 Å². The van der Waals surface area contributed by atoms with E-state index in [1.54, 1.807) is 62.3 Å². The van der Waals surface area contributed by atoms with E-state index in [0.29, 0.717) is 87.1 Å². The molecule has 17 aliphatic rings. The van der Waals surface area contributed by atoms with Crippen molar-refractivity contribution in [2.24, 2.45) is 112 Å². The molecule has 17 unspecified atom stereocenters. The molecule has 0 aromatic rings. The van der Waals surface area contributed by atoms with E-state index in [0.717, 1.165) is 161 Å². The second kappa shape index (κ2) is 42.1. The van der Waals surface area contributed by atoms with E-state index < -0.39 is 29.5 Å². The van der Waals surface area contributed by atoms with Crippen LogP contribution < -0.4 is 0 Å². The molecule has 700 valence electrons. The van der Waals surface area contributed by atoms with E-state index >= 15 is 0 Å². The number of hydrogen-bond acceptors (Lipinski definition) is 19. The van der Waals surface area contributed by atoms with Crippen molar-refractivity contribution >= 4 is 53.7 Å². The van der Waals surface area contributed by atoms with Crippen LogP contribution in [0, 0.1) is 112 Å². The minimum atomic E-state index is -0.587. The molecular weight excluding hydrogens is 1580 g/mol. The van der Waals surface area contributed by atoms with Crippen LogP contribution in [-0.4, -0.2) is 118 Å². The van der Waals surface area contributed by atoms with Gasteiger partial charge < -0.3 is 47.4 Å². The Morgan fingerprint density at radius 3 is 1.25 bits per heavy atom. The molecule has 14 bridgehead atoms. The molecule has 17 rings (SSSR count). The van der Waals surface area contributed by atoms with Crippen LogP contribution in [0.15, 0.2) is 85.1 Å². The van der Waals surface area contributed by atoms with Gasteiger partial charge in [-0.2, -0.15) is 0 Å². The lowest BCUT2D eigenvalue weighted by molar-refractivity contribution is -0.207. The number of carbonyl (C=O) groups is 9. The van der Waals surface area contributed by atoms with Crippen molar-refractivity contribution in [1.82, 2.24) is 0 Å². The van der Waals surface area contributed by atoms with E-state index in [1.807, 2.05) is 0 Å². The first-order chi connectivity index (χ1) is 58.8. The van der Waals surface area contributed by atoms with Gasteiger partial charge in [-0.05, 0) is 376 Å². The molecule has 19 nitrogen and oxygen atoms in total. The maximum Gasteiger partial charge on any atom is 0.344 e. The number of ether oxygens (including phenoxy) is 10. The molecule has 2 heterocycles. The molecule has 2 saturated heterocycles. The summed E-state index contributed by atoms with van der Waals surface area (Å²) >= 11 is 0. The molecule has 17 atom stereocenters. The lowest BCUT2D eigenvalue weighted by Crippen LogP contribution is -2.58. The minimum Gasteiger partial charge on any atom is -0.457 e. The van der Waals surface area contributed by atoms with Gasteiger partial charge in [0.1, 0.15) is 39.2 Å². The van der Waals surface area contributed by atoms with Crippen molar-refractivity contribution in [2.75, 3.05) is 13.2 Å². The zero-order valence-corrected chi connectivity index (χ0v) is 80.2. The number of fused-ring (bicyclic) bond motifs is 20. The molecule has 0 amide bonds. The molecule has 0 N–H and O–H groups in total. The Kier molecular flexibility index (Phi) is 33.8. The fraction of sp³-hybridized carbons (Fsp3) is 0.783. The summed E-state index contributed by atoms with van der Waals surface area (Å²) in [5, 5.41) is 0. The first-order valence-electron chi connectivity index (χ1n) is 49.0. The predicted octanol–water partition coefficient (Wildman–Crippen LogP) is 22.9. The van der Waals surface area contributed by atoms with E-state index in [4.69, 9.17) is 42.6 Å². The molecule has 0 aromatic heterocycles. The summed E-state index contributed by atoms with van der Waals surface area (Å²) in [6.07, 6.45) is 43.9. The second-order valence-corrected chi connectivity index (χ2v) is 43.8. The van der Waals surface area contributed by atoms with Crippen LogP contribution >= 0.6 is 0 Å². The van der Waals surface area contributed by atoms with Gasteiger partial charge in [0.25, 0.3) is 0 Å². The van der Waals surface area contributed by atoms with Gasteiger partial charge >= 0.3 is 53.7 Å². The SMILES string of the molecule is C=C(C)C(=O)OC1(C(C)C)CC2CC1C1C3CCC(C3)C21.C=C(C)C(=O)OC1(C(C)C)CCCCC1.C=C(C)C(=O)OC1(C2CC3CCC2O3)CCCC1.C=C(C)C(=O)OC1(CC)CC2CC1C1C3CCC(C3)C21.C=C(C)C(=O)OC1(CC)CCCCCCC1.C=C(C)C(=O)OCC(=O)OC(C)(C)C.C=C(C)C(=O)OCC(=O)OC1(C)C2CC3CC(C2)CC1C3. The zero-order valence-electron chi connectivity index (χ0n) is 80.2. The van der Waals surface area contributed by atoms with Crippen LogP contribution in [0.5, 0.6) is 0 Å². The summed E-state index contributed by atoms with van der Waals surface area (Å²) < 4.78 is 55.5. The van der Waals surface area contributed by atoms with E-state index in [2.05, 4.69) is 99.3 Å². The fourth-order valence-electron chi connectivity index (χ4n) is 27.3. The minimum absolute atomic E-state index is 0.160. The molecule has 0 spiro atoms. The third-order valence-corrected chi connectivity index (χ3v) is 33.3. The average Bonchev–Trinajstić information content (AvgIpc) is 1.54. The first kappa shape index (κ1) is 101. The van der Waals surface area contributed by atoms with Crippen molar-refractivity contribution in [3.8, 4) is 0 Å². The maximum absolute atomic E-state index is 12.2. The van der Waals surface area contributed by atoms with Crippen LogP contribution in [-0.2, 0) is 90.5 Å². The van der Waals surface area contributed by atoms with E-state index in [9.17, 15) is 43.2 Å². The Morgan fingerprint density at radius 2 is 0.800 bits per heavy atom. The topological polar surface area (TPSA) is 246 Å². The number of rotatable bonds is 22. The standard InChI is InChI=1S/C19H28O2.C18H26O2.C17H24O4.C15H22O3.C14H24O2.C13H22O2.C10H16O4/c1-10(2)18(20)21-19(11(3)4)9-14-8-15(19)17-13-6-5-12(7-13)16(14)17;1-4-18(20-17(19)10(2)3)9-13-8-14(18)16-12-6-5-11(7-12)15(13)16;1-10(2)16(19)20-9-15(18)21-17(3)13-5-11-4-12(7-13)8-14(17)6-11;1-10(2)14(16)18-15(7-3-4-8-15)12-9-11-5-6-13(12)17-11;1-4-14(16-13(15)12(2)3)10-8-6-5-7-9-11-14;1-10(2)12(14)15-13(11(3)4)8-6-5-7-9-13;1-7(2)9(12)13-6-8(11)14-10(3,4)5/h11-17H,1,5-9H2,2-4H3;11-16H,2,4-9H2,1,3H3;11-14H,1,4-9H2,2-3H3;11-13H,1,3-9H2,2H3;2,4-11H2,1,3H3;11H,1,5-9H2,2-4H3;1,6H2,2-5H3. The summed E-state index contributed by atoms with van der Waals surface area (Å²) in [7, 11) is 0. The Morgan fingerprint density at radius 1 is 0.384 bits per heavy atom. The highest BCUT2D eigenvalue weighted by molar-refractivity contribution is 5.91. The molecule has 15 saturated carbocycles. The number of esters is 9. The lowest BCUT2D eigenvalue weighted by Gasteiger charge is -2.59. The third kappa shape index (κ3) is 23.4. The lowest BCUT2D eigenvalue weighted by atomic mass is 9.50. The van der Waals surface area contributed by atoms with Crippen molar-refractivity contribution in [2.45, 2.75) is 400 Å². The van der Waals surface area contributed by atoms with Crippen molar-refractivity contribution in [3.05, 3.63) is 85.1 Å². The van der Waals surface area contributed by atoms with Gasteiger partial charge in [0.2, 0.25) is 0 Å². The van der Waals surface area contributed by atoms with Crippen LogP contribution in [0.25, 0.3) is 0 Å². The van der Waals surface area contributed by atoms with Crippen LogP contribution in [0.1, 0.15) is 349 Å². The van der Waals surface area contributed by atoms with Gasteiger partial charge in [-0.15, -0.1) is 0 Å². The van der Waals surface area contributed by atoms with Crippen molar-refractivity contribution in [1.29, 1.82) is 0 Å². The molecule has 0 aromatic carbocycles. The molecule has 2 aliphatic heterocycles. The second-order valence-electron chi connectivity index (χ2n) is 43.8. The maximum atomic E-state index is 12.2. The normalized spacial score (nSPS) is 34.8. The fourth-order valence-corrected chi connectivity index (χ4v) is 27.3. The van der Waals surface area contributed by atoms with Gasteiger partial charge in [0, 0.05) is 56.8 Å². The van der Waals surface area contributed by atoms with Crippen molar-refractivity contribution in [3.63, 3.8) is 0 Å². The quantitative estimate of drug-likeness (QED) is 0.0423. The highest BCUT2D eigenvalue weighted by Crippen LogP contribution is 2.73. The summed E-state index contributed by atoms with van der Waals surface area (Å²) in [5.74, 6) is 11.1. The molecule has 0 radical (unpaired) electrons. The van der Waals surface area contributed by atoms with Gasteiger partial charge in [0.05, 0.1) is 12.2 Å². The monoisotopic (exact) mass is 1740 g/mol. The first-order valence-corrected chi connectivity index (χ1v) is 49.0. The van der Waals surface area contributed by atoms with Gasteiger partial charge in [0.15, 0.2) is 13.2 Å². The molecular formula is C106H162O19. The largest absolute Gasteiger partial charge is 0.457 e. The van der Waals surface area contributed by atoms with Crippen LogP contribution in [0.3, 0.4) is 0 Å². The third-order valence-electron chi connectivity index (χ3n) is 33.3. The smallest absolute Gasteiger partial charge is 0.344 e. The van der Waals surface area contributed by atoms with Gasteiger partial charge in [-0.25, -0.2) is 43.2 Å². The van der Waals surface area contributed by atoms with Crippen LogP contribution in [0.2, 0.25) is 0 Å². The molecule has 15 aliphatic carbocycles. The number of carbonyl (C=O) groups excluding carboxylic acids is 9. The van der Waals surface area contributed by atoms with Crippen molar-refractivity contribution < 1.29 is 90.5 Å². The Bertz CT molecular complexity index is 3910. The summed E-state index contributed by atoms with van der Waals surface area (Å²) in [5.41, 5.74) is 1.18. The Hall–Kier alpha value is -6.63. The predicted molar refractivity (Wildman–Crippen MR) is 485 cm³/mol. The highest BCUT2D eigenvalue weighted by atomic mass is 16.6. The summed E-state index contributed by atoms with van der Waals surface area (Å²) in [4.78, 5) is 105.